The molecule has 3 rings (SSSR count). The summed E-state index contributed by atoms with van der Waals surface area (Å²) in [5.74, 6) is 1.42. The smallest absolute Gasteiger partial charge is 0.410 e. The predicted molar refractivity (Wildman–Crippen MR) is 111 cm³/mol. The zero-order valence-electron chi connectivity index (χ0n) is 16.8. The van der Waals surface area contributed by atoms with Gasteiger partial charge in [0.15, 0.2) is 5.82 Å². The third kappa shape index (κ3) is 4.82. The molecule has 2 aromatic rings. The zero-order valence-corrected chi connectivity index (χ0v) is 16.8. The van der Waals surface area contributed by atoms with Crippen molar-refractivity contribution >= 4 is 29.1 Å². The minimum atomic E-state index is -0.497. The number of amides is 1. The summed E-state index contributed by atoms with van der Waals surface area (Å²) in [4.78, 5) is 25.0. The van der Waals surface area contributed by atoms with Gasteiger partial charge < -0.3 is 25.6 Å². The van der Waals surface area contributed by atoms with E-state index in [4.69, 9.17) is 15.5 Å². The first-order chi connectivity index (χ1) is 13.2. The van der Waals surface area contributed by atoms with E-state index in [1.807, 2.05) is 45.0 Å². The van der Waals surface area contributed by atoms with Crippen LogP contribution in [0.1, 0.15) is 27.7 Å². The number of ether oxygens (including phenoxy) is 1. The molecule has 8 nitrogen and oxygen atoms in total. The molecular formula is C20H28N6O2. The highest BCUT2D eigenvalue weighted by Crippen LogP contribution is 2.26. The van der Waals surface area contributed by atoms with Gasteiger partial charge >= 0.3 is 6.09 Å². The highest BCUT2D eigenvalue weighted by atomic mass is 16.6. The van der Waals surface area contributed by atoms with Crippen LogP contribution in [0.5, 0.6) is 0 Å². The van der Waals surface area contributed by atoms with Crippen molar-refractivity contribution in [3.05, 3.63) is 36.7 Å². The van der Waals surface area contributed by atoms with Crippen LogP contribution in [-0.2, 0) is 4.74 Å². The number of nitrogen functional groups attached to an aromatic ring is 1. The maximum absolute atomic E-state index is 12.3. The number of nitrogens with zero attached hydrogens (tertiary/aromatic N) is 4. The number of nitrogens with two attached hydrogens (primary N) is 1. The SMILES string of the molecule is C[C@@H]1CN(C(=O)OC(C)(C)C)CCN1c1ccc(N)c(Nc2ccncc2)n1. The van der Waals surface area contributed by atoms with Gasteiger partial charge in [0.2, 0.25) is 0 Å². The van der Waals surface area contributed by atoms with Gasteiger partial charge in [-0.3, -0.25) is 4.98 Å². The van der Waals surface area contributed by atoms with Gasteiger partial charge in [-0.05, 0) is 52.0 Å². The molecule has 0 aliphatic carbocycles. The lowest BCUT2D eigenvalue weighted by Gasteiger charge is -2.40. The van der Waals surface area contributed by atoms with Crippen LogP contribution in [0.25, 0.3) is 0 Å². The van der Waals surface area contributed by atoms with E-state index < -0.39 is 5.60 Å². The van der Waals surface area contributed by atoms with E-state index in [1.165, 1.54) is 0 Å². The lowest BCUT2D eigenvalue weighted by molar-refractivity contribution is 0.0218. The normalized spacial score (nSPS) is 17.4. The first-order valence-electron chi connectivity index (χ1n) is 9.41. The average Bonchev–Trinajstić information content (AvgIpc) is 2.63. The van der Waals surface area contributed by atoms with E-state index in [-0.39, 0.29) is 12.1 Å². The van der Waals surface area contributed by atoms with Crippen molar-refractivity contribution in [2.75, 3.05) is 35.6 Å². The third-order valence-corrected chi connectivity index (χ3v) is 4.43. The number of nitrogens with one attached hydrogen (secondary N) is 1. The van der Waals surface area contributed by atoms with Crippen LogP contribution < -0.4 is 16.0 Å². The second-order valence-corrected chi connectivity index (χ2v) is 7.94. The van der Waals surface area contributed by atoms with Gasteiger partial charge in [0.05, 0.1) is 5.69 Å². The molecule has 0 radical (unpaired) electrons. The number of piperazine rings is 1. The number of hydrogen-bond donors (Lipinski definition) is 2. The Balaban J connectivity index is 1.71. The minimum absolute atomic E-state index is 0.103. The van der Waals surface area contributed by atoms with Crippen molar-refractivity contribution in [1.29, 1.82) is 0 Å². The topological polar surface area (TPSA) is 96.6 Å². The Morgan fingerprint density at radius 1 is 1.21 bits per heavy atom. The Bertz CT molecular complexity index is 821. The van der Waals surface area contributed by atoms with Crippen molar-refractivity contribution in [3.8, 4) is 0 Å². The molecule has 28 heavy (non-hydrogen) atoms. The maximum atomic E-state index is 12.3. The van der Waals surface area contributed by atoms with Crippen molar-refractivity contribution in [2.24, 2.45) is 0 Å². The standard InChI is InChI=1S/C20H28N6O2/c1-14-13-25(19(27)28-20(2,3)4)11-12-26(14)17-6-5-16(21)18(24-17)23-15-7-9-22-10-8-15/h5-10,14H,11-13,21H2,1-4H3,(H,22,23,24)/t14-/m1/s1. The lowest BCUT2D eigenvalue weighted by atomic mass is 10.2. The number of pyridine rings is 2. The fourth-order valence-corrected chi connectivity index (χ4v) is 3.08. The van der Waals surface area contributed by atoms with E-state index in [1.54, 1.807) is 17.3 Å². The molecule has 1 aliphatic heterocycles. The van der Waals surface area contributed by atoms with Crippen molar-refractivity contribution < 1.29 is 9.53 Å². The number of carbonyl (C=O) groups excluding carboxylic acids is 1. The summed E-state index contributed by atoms with van der Waals surface area (Å²) in [6.45, 7) is 9.53. The zero-order chi connectivity index (χ0) is 20.3. The first-order valence-corrected chi connectivity index (χ1v) is 9.41. The molecule has 2 aromatic heterocycles. The number of carbonyl (C=O) groups is 1. The summed E-state index contributed by atoms with van der Waals surface area (Å²) in [7, 11) is 0. The van der Waals surface area contributed by atoms with Crippen LogP contribution in [0.3, 0.4) is 0 Å². The molecule has 1 aliphatic rings. The van der Waals surface area contributed by atoms with Gasteiger partial charge in [0, 0.05) is 43.8 Å². The van der Waals surface area contributed by atoms with Crippen LogP contribution in [0, 0.1) is 0 Å². The molecule has 1 amide bonds. The summed E-state index contributed by atoms with van der Waals surface area (Å²) in [6.07, 6.45) is 3.14. The number of rotatable bonds is 3. The van der Waals surface area contributed by atoms with Gasteiger partial charge in [-0.25, -0.2) is 9.78 Å². The fourth-order valence-electron chi connectivity index (χ4n) is 3.08. The van der Waals surface area contributed by atoms with Crippen molar-refractivity contribution in [2.45, 2.75) is 39.3 Å². The van der Waals surface area contributed by atoms with Crippen LogP contribution >= 0.6 is 0 Å². The Hall–Kier alpha value is -3.03. The Labute approximate surface area is 165 Å². The van der Waals surface area contributed by atoms with Crippen LogP contribution in [0.15, 0.2) is 36.7 Å². The van der Waals surface area contributed by atoms with Crippen molar-refractivity contribution in [3.63, 3.8) is 0 Å². The third-order valence-electron chi connectivity index (χ3n) is 4.43. The largest absolute Gasteiger partial charge is 0.444 e. The highest BCUT2D eigenvalue weighted by Gasteiger charge is 2.30. The molecule has 0 saturated carbocycles. The Kier molecular flexibility index (Phi) is 5.58. The van der Waals surface area contributed by atoms with Crippen molar-refractivity contribution in [1.82, 2.24) is 14.9 Å². The Morgan fingerprint density at radius 2 is 1.93 bits per heavy atom. The monoisotopic (exact) mass is 384 g/mol. The number of hydrogen-bond acceptors (Lipinski definition) is 7. The molecule has 1 fully saturated rings. The average molecular weight is 384 g/mol. The summed E-state index contributed by atoms with van der Waals surface area (Å²) in [5, 5.41) is 3.23. The molecule has 0 bridgehead atoms. The molecule has 150 valence electrons. The summed E-state index contributed by atoms with van der Waals surface area (Å²) in [5.41, 5.74) is 7.04. The number of aromatic nitrogens is 2. The fraction of sp³-hybridized carbons (Fsp3) is 0.450. The van der Waals surface area contributed by atoms with Crippen LogP contribution in [0.2, 0.25) is 0 Å². The first kappa shape index (κ1) is 19.7. The predicted octanol–water partition coefficient (Wildman–Crippen LogP) is 3.25. The van der Waals surface area contributed by atoms with E-state index in [0.29, 0.717) is 31.1 Å². The summed E-state index contributed by atoms with van der Waals surface area (Å²) >= 11 is 0. The molecule has 3 heterocycles. The molecule has 8 heteroatoms. The van der Waals surface area contributed by atoms with E-state index in [2.05, 4.69) is 22.1 Å². The second kappa shape index (κ2) is 7.92. The molecule has 0 spiro atoms. The molecule has 1 atom stereocenters. The van der Waals surface area contributed by atoms with Gasteiger partial charge in [0.25, 0.3) is 0 Å². The van der Waals surface area contributed by atoms with Gasteiger partial charge in [-0.2, -0.15) is 0 Å². The van der Waals surface area contributed by atoms with E-state index >= 15 is 0 Å². The maximum Gasteiger partial charge on any atom is 0.410 e. The van der Waals surface area contributed by atoms with Gasteiger partial charge in [-0.1, -0.05) is 0 Å². The van der Waals surface area contributed by atoms with Gasteiger partial charge in [-0.15, -0.1) is 0 Å². The van der Waals surface area contributed by atoms with Crippen LogP contribution in [-0.4, -0.2) is 52.2 Å². The molecule has 1 saturated heterocycles. The van der Waals surface area contributed by atoms with E-state index in [9.17, 15) is 4.79 Å². The molecular weight excluding hydrogens is 356 g/mol. The van der Waals surface area contributed by atoms with Crippen LogP contribution in [0.4, 0.5) is 27.8 Å². The molecule has 3 N–H and O–H groups in total. The second-order valence-electron chi connectivity index (χ2n) is 7.94. The van der Waals surface area contributed by atoms with E-state index in [0.717, 1.165) is 11.5 Å². The molecule has 0 aromatic carbocycles. The lowest BCUT2D eigenvalue weighted by Crippen LogP contribution is -2.54. The quantitative estimate of drug-likeness (QED) is 0.838. The Morgan fingerprint density at radius 3 is 2.57 bits per heavy atom. The minimum Gasteiger partial charge on any atom is -0.444 e. The summed E-state index contributed by atoms with van der Waals surface area (Å²) < 4.78 is 5.49. The highest BCUT2D eigenvalue weighted by molar-refractivity contribution is 5.71. The summed E-state index contributed by atoms with van der Waals surface area (Å²) in [6, 6.07) is 7.57. The van der Waals surface area contributed by atoms with Gasteiger partial charge in [0.1, 0.15) is 11.4 Å². The number of anilines is 4. The molecule has 0 unspecified atom stereocenters.